The molecule has 1 aliphatic heterocycles. The van der Waals surface area contributed by atoms with Crippen LogP contribution in [0.5, 0.6) is 0 Å². The summed E-state index contributed by atoms with van der Waals surface area (Å²) in [7, 11) is 0. The van der Waals surface area contributed by atoms with E-state index in [1.54, 1.807) is 23.3 Å². The van der Waals surface area contributed by atoms with E-state index in [2.05, 4.69) is 10.6 Å². The van der Waals surface area contributed by atoms with E-state index >= 15 is 0 Å². The van der Waals surface area contributed by atoms with Crippen LogP contribution in [0.4, 0.5) is 5.69 Å². The maximum Gasteiger partial charge on any atom is 0.243 e. The zero-order chi connectivity index (χ0) is 20.1. The predicted octanol–water partition coefficient (Wildman–Crippen LogP) is 2.09. The minimum Gasteiger partial charge on any atom is -0.467 e. The van der Waals surface area contributed by atoms with E-state index in [0.29, 0.717) is 12.3 Å². The Bertz CT molecular complexity index is 817. The van der Waals surface area contributed by atoms with Gasteiger partial charge in [0.15, 0.2) is 0 Å². The smallest absolute Gasteiger partial charge is 0.243 e. The van der Waals surface area contributed by atoms with Crippen LogP contribution in [-0.2, 0) is 20.9 Å². The lowest BCUT2D eigenvalue weighted by Crippen LogP contribution is -2.51. The molecule has 7 nitrogen and oxygen atoms in total. The molecule has 0 saturated carbocycles. The van der Waals surface area contributed by atoms with Gasteiger partial charge in [-0.2, -0.15) is 0 Å². The van der Waals surface area contributed by atoms with Gasteiger partial charge in [0, 0.05) is 18.7 Å². The molecule has 3 amide bonds. The number of anilines is 1. The molecule has 0 radical (unpaired) electrons. The molecular formula is C21H25N3O4. The molecule has 1 saturated heterocycles. The van der Waals surface area contributed by atoms with Crippen molar-refractivity contribution in [2.24, 2.45) is 11.8 Å². The van der Waals surface area contributed by atoms with Crippen molar-refractivity contribution in [1.82, 2.24) is 10.6 Å². The SMILES string of the molecule is CC(C)[C@H](NC(=O)C1CC(=O)N(c2ccccc2)C1)C(=O)NCc1ccco1. The molecule has 1 unspecified atom stereocenters. The molecular weight excluding hydrogens is 358 g/mol. The minimum atomic E-state index is -0.677. The number of carbonyl (C=O) groups is 3. The van der Waals surface area contributed by atoms with E-state index in [4.69, 9.17) is 4.42 Å². The number of nitrogens with one attached hydrogen (secondary N) is 2. The summed E-state index contributed by atoms with van der Waals surface area (Å²) in [6.07, 6.45) is 1.68. The van der Waals surface area contributed by atoms with E-state index < -0.39 is 12.0 Å². The number of benzene rings is 1. The van der Waals surface area contributed by atoms with Crippen LogP contribution in [0, 0.1) is 11.8 Å². The van der Waals surface area contributed by atoms with Crippen molar-refractivity contribution >= 4 is 23.4 Å². The van der Waals surface area contributed by atoms with Crippen LogP contribution < -0.4 is 15.5 Å². The van der Waals surface area contributed by atoms with Gasteiger partial charge >= 0.3 is 0 Å². The average Bonchev–Trinajstić information content (AvgIpc) is 3.34. The first kappa shape index (κ1) is 19.7. The Morgan fingerprint density at radius 1 is 1.18 bits per heavy atom. The highest BCUT2D eigenvalue weighted by Gasteiger charge is 2.37. The quantitative estimate of drug-likeness (QED) is 0.766. The van der Waals surface area contributed by atoms with Crippen LogP contribution in [-0.4, -0.2) is 30.3 Å². The van der Waals surface area contributed by atoms with Crippen LogP contribution in [0.15, 0.2) is 53.1 Å². The highest BCUT2D eigenvalue weighted by atomic mass is 16.3. The number of para-hydroxylation sites is 1. The number of amides is 3. The van der Waals surface area contributed by atoms with Crippen molar-refractivity contribution in [3.8, 4) is 0 Å². The fraction of sp³-hybridized carbons (Fsp3) is 0.381. The number of furan rings is 1. The summed E-state index contributed by atoms with van der Waals surface area (Å²) in [5.41, 5.74) is 0.777. The Morgan fingerprint density at radius 2 is 1.93 bits per heavy atom. The molecule has 1 fully saturated rings. The van der Waals surface area contributed by atoms with Gasteiger partial charge in [0.1, 0.15) is 11.8 Å². The van der Waals surface area contributed by atoms with Crippen LogP contribution in [0.2, 0.25) is 0 Å². The number of carbonyl (C=O) groups excluding carboxylic acids is 3. The minimum absolute atomic E-state index is 0.0882. The van der Waals surface area contributed by atoms with Gasteiger partial charge in [-0.3, -0.25) is 14.4 Å². The van der Waals surface area contributed by atoms with Crippen LogP contribution >= 0.6 is 0 Å². The molecule has 2 heterocycles. The molecule has 148 valence electrons. The highest BCUT2D eigenvalue weighted by Crippen LogP contribution is 2.25. The molecule has 0 bridgehead atoms. The monoisotopic (exact) mass is 383 g/mol. The zero-order valence-electron chi connectivity index (χ0n) is 16.1. The van der Waals surface area contributed by atoms with E-state index in [1.165, 1.54) is 0 Å². The number of hydrogen-bond donors (Lipinski definition) is 2. The normalized spacial score (nSPS) is 17.6. The lowest BCUT2D eigenvalue weighted by molar-refractivity contribution is -0.132. The number of hydrogen-bond acceptors (Lipinski definition) is 4. The molecule has 3 rings (SSSR count). The van der Waals surface area contributed by atoms with Crippen LogP contribution in [0.25, 0.3) is 0 Å². The fourth-order valence-electron chi connectivity index (χ4n) is 3.24. The molecule has 2 atom stereocenters. The second kappa shape index (κ2) is 8.73. The lowest BCUT2D eigenvalue weighted by atomic mass is 10.0. The number of nitrogens with zero attached hydrogens (tertiary/aromatic N) is 1. The average molecular weight is 383 g/mol. The summed E-state index contributed by atoms with van der Waals surface area (Å²) >= 11 is 0. The second-order valence-electron chi connectivity index (χ2n) is 7.27. The first-order valence-electron chi connectivity index (χ1n) is 9.41. The van der Waals surface area contributed by atoms with Crippen LogP contribution in [0.1, 0.15) is 26.0 Å². The standard InChI is InChI=1S/C21H25N3O4/c1-14(2)19(21(27)22-12-17-9-6-10-28-17)23-20(26)15-11-18(25)24(13-15)16-7-4-3-5-8-16/h3-10,14-15,19H,11-13H2,1-2H3,(H,22,27)(H,23,26)/t15?,19-/m0/s1. The highest BCUT2D eigenvalue weighted by molar-refractivity contribution is 6.01. The lowest BCUT2D eigenvalue weighted by Gasteiger charge is -2.23. The first-order chi connectivity index (χ1) is 13.5. The van der Waals surface area contributed by atoms with Crippen molar-refractivity contribution in [1.29, 1.82) is 0 Å². The molecule has 2 N–H and O–H groups in total. The topological polar surface area (TPSA) is 91.7 Å². The van der Waals surface area contributed by atoms with Gasteiger partial charge in [-0.25, -0.2) is 0 Å². The van der Waals surface area contributed by atoms with E-state index in [-0.39, 0.29) is 36.6 Å². The van der Waals surface area contributed by atoms with E-state index in [9.17, 15) is 14.4 Å². The number of rotatable bonds is 7. The summed E-state index contributed by atoms with van der Waals surface area (Å²) < 4.78 is 5.21. The second-order valence-corrected chi connectivity index (χ2v) is 7.27. The fourth-order valence-corrected chi connectivity index (χ4v) is 3.24. The molecule has 0 spiro atoms. The van der Waals surface area contributed by atoms with Gasteiger partial charge in [-0.05, 0) is 30.2 Å². The maximum absolute atomic E-state index is 12.7. The Balaban J connectivity index is 1.59. The zero-order valence-corrected chi connectivity index (χ0v) is 16.1. The van der Waals surface area contributed by atoms with Gasteiger partial charge < -0.3 is 20.0 Å². The first-order valence-corrected chi connectivity index (χ1v) is 9.41. The van der Waals surface area contributed by atoms with Gasteiger partial charge in [-0.15, -0.1) is 0 Å². The maximum atomic E-state index is 12.7. The summed E-state index contributed by atoms with van der Waals surface area (Å²) in [6.45, 7) is 4.31. The molecule has 28 heavy (non-hydrogen) atoms. The largest absolute Gasteiger partial charge is 0.467 e. The molecule has 1 aromatic carbocycles. The van der Waals surface area contributed by atoms with Gasteiger partial charge in [0.2, 0.25) is 17.7 Å². The molecule has 2 aromatic rings. The summed E-state index contributed by atoms with van der Waals surface area (Å²) in [4.78, 5) is 39.2. The van der Waals surface area contributed by atoms with Crippen molar-refractivity contribution < 1.29 is 18.8 Å². The Morgan fingerprint density at radius 3 is 2.57 bits per heavy atom. The predicted molar refractivity (Wildman–Crippen MR) is 104 cm³/mol. The van der Waals surface area contributed by atoms with Gasteiger partial charge in [-0.1, -0.05) is 32.0 Å². The third-order valence-electron chi connectivity index (χ3n) is 4.83. The molecule has 0 aliphatic carbocycles. The van der Waals surface area contributed by atoms with Crippen molar-refractivity contribution in [2.45, 2.75) is 32.9 Å². The van der Waals surface area contributed by atoms with Crippen LogP contribution in [0.3, 0.4) is 0 Å². The van der Waals surface area contributed by atoms with E-state index in [1.807, 2.05) is 44.2 Å². The Hall–Kier alpha value is -3.09. The summed E-state index contributed by atoms with van der Waals surface area (Å²) in [6, 6.07) is 12.1. The summed E-state index contributed by atoms with van der Waals surface area (Å²) in [5, 5.41) is 5.60. The molecule has 1 aromatic heterocycles. The van der Waals surface area contributed by atoms with Crippen molar-refractivity contribution in [3.05, 3.63) is 54.5 Å². The third-order valence-corrected chi connectivity index (χ3v) is 4.83. The van der Waals surface area contributed by atoms with Crippen molar-refractivity contribution in [2.75, 3.05) is 11.4 Å². The third kappa shape index (κ3) is 4.60. The van der Waals surface area contributed by atoms with Crippen molar-refractivity contribution in [3.63, 3.8) is 0 Å². The molecule has 1 aliphatic rings. The molecule has 7 heteroatoms. The van der Waals surface area contributed by atoms with Gasteiger partial charge in [0.05, 0.1) is 18.7 Å². The Kier molecular flexibility index (Phi) is 6.13. The van der Waals surface area contributed by atoms with E-state index in [0.717, 1.165) is 5.69 Å². The Labute approximate surface area is 164 Å². The summed E-state index contributed by atoms with van der Waals surface area (Å²) in [5.74, 6) is -0.575. The van der Waals surface area contributed by atoms with Gasteiger partial charge in [0.25, 0.3) is 0 Å².